The Hall–Kier alpha value is -1.97. The zero-order valence-electron chi connectivity index (χ0n) is 18.4. The van der Waals surface area contributed by atoms with Gasteiger partial charge < -0.3 is 14.6 Å². The summed E-state index contributed by atoms with van der Waals surface area (Å²) in [6.07, 6.45) is 2.48. The molecule has 1 N–H and O–H groups in total. The predicted octanol–water partition coefficient (Wildman–Crippen LogP) is 2.00. The molecule has 0 aliphatic carbocycles. The fourth-order valence-corrected chi connectivity index (χ4v) is 5.16. The van der Waals surface area contributed by atoms with Crippen LogP contribution < -0.4 is 0 Å². The van der Waals surface area contributed by atoms with Crippen LogP contribution in [0.5, 0.6) is 0 Å². The van der Waals surface area contributed by atoms with Gasteiger partial charge in [0.15, 0.2) is 0 Å². The van der Waals surface area contributed by atoms with Crippen molar-refractivity contribution in [3.63, 3.8) is 0 Å². The number of aromatic nitrogens is 2. The van der Waals surface area contributed by atoms with E-state index >= 15 is 0 Å². The molecule has 0 radical (unpaired) electrons. The van der Waals surface area contributed by atoms with Gasteiger partial charge in [-0.2, -0.15) is 0 Å². The maximum Gasteiger partial charge on any atom is 0.242 e. The van der Waals surface area contributed by atoms with Crippen molar-refractivity contribution in [2.45, 2.75) is 69.5 Å². The van der Waals surface area contributed by atoms with E-state index in [1.807, 2.05) is 11.5 Å². The summed E-state index contributed by atoms with van der Waals surface area (Å²) < 4.78 is 28.1. The molecule has 1 fully saturated rings. The van der Waals surface area contributed by atoms with E-state index in [-0.39, 0.29) is 16.8 Å². The standard InChI is InChI=1S/C21H32N4O4S/c1-6-24-17-10-9-15(30(28,29)23(4)5)14-16(17)22-19(24)11-12-20(26)25-13-7-8-18(25)21(2,3)27/h9-10,14,18,27H,6-8,11-13H2,1-5H3/t18-/m0/s1. The molecule has 9 heteroatoms. The number of carbonyl (C=O) groups excluding carboxylic acids is 1. The highest BCUT2D eigenvalue weighted by Crippen LogP contribution is 2.28. The van der Waals surface area contributed by atoms with Crippen LogP contribution in [-0.2, 0) is 27.8 Å². The topological polar surface area (TPSA) is 95.7 Å². The van der Waals surface area contributed by atoms with Crippen LogP contribution in [0, 0.1) is 0 Å². The molecule has 8 nitrogen and oxygen atoms in total. The first kappa shape index (κ1) is 22.7. The van der Waals surface area contributed by atoms with E-state index in [1.165, 1.54) is 18.4 Å². The Morgan fingerprint density at radius 3 is 2.63 bits per heavy atom. The molecule has 2 aromatic rings. The first-order chi connectivity index (χ1) is 14.0. The third-order valence-electron chi connectivity index (χ3n) is 5.84. The van der Waals surface area contributed by atoms with Gasteiger partial charge >= 0.3 is 0 Å². The molecular weight excluding hydrogens is 404 g/mol. The smallest absolute Gasteiger partial charge is 0.242 e. The van der Waals surface area contributed by atoms with Gasteiger partial charge in [0.1, 0.15) is 5.82 Å². The highest BCUT2D eigenvalue weighted by atomic mass is 32.2. The summed E-state index contributed by atoms with van der Waals surface area (Å²) in [5.41, 5.74) is 0.544. The van der Waals surface area contributed by atoms with Crippen molar-refractivity contribution in [1.82, 2.24) is 18.8 Å². The van der Waals surface area contributed by atoms with E-state index in [1.54, 1.807) is 36.9 Å². The van der Waals surface area contributed by atoms with Gasteiger partial charge in [0, 0.05) is 40.0 Å². The summed E-state index contributed by atoms with van der Waals surface area (Å²) >= 11 is 0. The number of likely N-dealkylation sites (tertiary alicyclic amines) is 1. The summed E-state index contributed by atoms with van der Waals surface area (Å²) in [5.74, 6) is 0.782. The lowest BCUT2D eigenvalue weighted by atomic mass is 9.96. The lowest BCUT2D eigenvalue weighted by Gasteiger charge is -2.33. The average Bonchev–Trinajstić information content (AvgIpc) is 3.29. The molecular formula is C21H32N4O4S. The highest BCUT2D eigenvalue weighted by molar-refractivity contribution is 7.89. The Morgan fingerprint density at radius 2 is 2.03 bits per heavy atom. The Bertz CT molecular complexity index is 1040. The second-order valence-corrected chi connectivity index (χ2v) is 10.8. The van der Waals surface area contributed by atoms with Crippen LogP contribution in [0.15, 0.2) is 23.1 Å². The molecule has 1 atom stereocenters. The Labute approximate surface area is 178 Å². The number of aliphatic hydroxyl groups is 1. The quantitative estimate of drug-likeness (QED) is 0.716. The van der Waals surface area contributed by atoms with Gasteiger partial charge in [-0.1, -0.05) is 0 Å². The number of rotatable bonds is 7. The SMILES string of the molecule is CCn1c(CCC(=O)N2CCC[C@H]2C(C)(C)O)nc2cc(S(=O)(=O)N(C)C)ccc21. The number of amides is 1. The monoisotopic (exact) mass is 436 g/mol. The molecule has 1 aliphatic heterocycles. The molecule has 30 heavy (non-hydrogen) atoms. The molecule has 1 aliphatic rings. The van der Waals surface area contributed by atoms with Gasteiger partial charge in [-0.25, -0.2) is 17.7 Å². The molecule has 0 bridgehead atoms. The molecule has 1 aromatic carbocycles. The highest BCUT2D eigenvalue weighted by Gasteiger charge is 2.38. The zero-order valence-corrected chi connectivity index (χ0v) is 19.2. The van der Waals surface area contributed by atoms with Crippen LogP contribution in [0.1, 0.15) is 45.9 Å². The number of hydrogen-bond donors (Lipinski definition) is 1. The number of hydrogen-bond acceptors (Lipinski definition) is 5. The van der Waals surface area contributed by atoms with Crippen LogP contribution >= 0.6 is 0 Å². The first-order valence-corrected chi connectivity index (χ1v) is 11.8. The third-order valence-corrected chi connectivity index (χ3v) is 7.66. The number of benzene rings is 1. The van der Waals surface area contributed by atoms with E-state index in [0.717, 1.165) is 24.2 Å². The maximum atomic E-state index is 12.8. The van der Waals surface area contributed by atoms with Crippen molar-refractivity contribution in [1.29, 1.82) is 0 Å². The summed E-state index contributed by atoms with van der Waals surface area (Å²) in [4.78, 5) is 19.5. The molecule has 1 saturated heterocycles. The van der Waals surface area contributed by atoms with Crippen LogP contribution in [0.25, 0.3) is 11.0 Å². The van der Waals surface area contributed by atoms with Gasteiger partial charge in [-0.15, -0.1) is 0 Å². The minimum absolute atomic E-state index is 0.0187. The fourth-order valence-electron chi connectivity index (χ4n) is 4.24. The maximum absolute atomic E-state index is 12.8. The lowest BCUT2D eigenvalue weighted by Crippen LogP contribution is -2.48. The minimum Gasteiger partial charge on any atom is -0.388 e. The van der Waals surface area contributed by atoms with Gasteiger partial charge in [0.25, 0.3) is 0 Å². The van der Waals surface area contributed by atoms with E-state index in [0.29, 0.717) is 31.4 Å². The van der Waals surface area contributed by atoms with E-state index in [9.17, 15) is 18.3 Å². The molecule has 3 rings (SSSR count). The average molecular weight is 437 g/mol. The predicted molar refractivity (Wildman–Crippen MR) is 116 cm³/mol. The number of carbonyl (C=O) groups is 1. The van der Waals surface area contributed by atoms with Gasteiger partial charge in [-0.05, 0) is 51.8 Å². The number of aryl methyl sites for hydroxylation is 2. The normalized spacial score (nSPS) is 18.0. The van der Waals surface area contributed by atoms with Crippen LogP contribution in [-0.4, -0.2) is 70.5 Å². The van der Waals surface area contributed by atoms with Crippen molar-refractivity contribution in [3.8, 4) is 0 Å². The number of sulfonamides is 1. The fraction of sp³-hybridized carbons (Fsp3) is 0.619. The van der Waals surface area contributed by atoms with E-state index < -0.39 is 15.6 Å². The molecule has 0 spiro atoms. The number of nitrogens with zero attached hydrogens (tertiary/aromatic N) is 4. The van der Waals surface area contributed by atoms with Crippen molar-refractivity contribution < 1.29 is 18.3 Å². The molecule has 166 valence electrons. The van der Waals surface area contributed by atoms with Crippen LogP contribution in [0.4, 0.5) is 0 Å². The minimum atomic E-state index is -3.54. The number of imidazole rings is 1. The lowest BCUT2D eigenvalue weighted by molar-refractivity contribution is -0.136. The van der Waals surface area contributed by atoms with Gasteiger partial charge in [-0.3, -0.25) is 4.79 Å². The molecule has 2 heterocycles. The van der Waals surface area contributed by atoms with Crippen molar-refractivity contribution in [3.05, 3.63) is 24.0 Å². The van der Waals surface area contributed by atoms with E-state index in [4.69, 9.17) is 0 Å². The van der Waals surface area contributed by atoms with Crippen LogP contribution in [0.3, 0.4) is 0 Å². The first-order valence-electron chi connectivity index (χ1n) is 10.4. The van der Waals surface area contributed by atoms with Crippen molar-refractivity contribution >= 4 is 27.0 Å². The summed E-state index contributed by atoms with van der Waals surface area (Å²) in [6.45, 7) is 6.85. The summed E-state index contributed by atoms with van der Waals surface area (Å²) in [7, 11) is -0.535. The van der Waals surface area contributed by atoms with Crippen LogP contribution in [0.2, 0.25) is 0 Å². The second-order valence-electron chi connectivity index (χ2n) is 8.61. The van der Waals surface area contributed by atoms with Gasteiger partial charge in [0.05, 0.1) is 27.6 Å². The van der Waals surface area contributed by atoms with Gasteiger partial charge in [0.2, 0.25) is 15.9 Å². The third kappa shape index (κ3) is 4.24. The summed E-state index contributed by atoms with van der Waals surface area (Å²) in [6, 6.07) is 4.80. The Morgan fingerprint density at radius 1 is 1.33 bits per heavy atom. The molecule has 0 saturated carbocycles. The Balaban J connectivity index is 1.83. The van der Waals surface area contributed by atoms with E-state index in [2.05, 4.69) is 4.98 Å². The largest absolute Gasteiger partial charge is 0.388 e. The zero-order chi connectivity index (χ0) is 22.3. The molecule has 0 unspecified atom stereocenters. The van der Waals surface area contributed by atoms with Crippen molar-refractivity contribution in [2.75, 3.05) is 20.6 Å². The number of fused-ring (bicyclic) bond motifs is 1. The molecule has 1 amide bonds. The Kier molecular flexibility index (Phi) is 6.27. The summed E-state index contributed by atoms with van der Waals surface area (Å²) in [5, 5.41) is 10.4. The second kappa shape index (κ2) is 8.28. The van der Waals surface area contributed by atoms with Crippen molar-refractivity contribution in [2.24, 2.45) is 0 Å². The molecule has 1 aromatic heterocycles.